The zero-order chi connectivity index (χ0) is 13.8. The summed E-state index contributed by atoms with van der Waals surface area (Å²) in [5.74, 6) is 1.18. The fraction of sp³-hybridized carbons (Fsp3) is 1.00. The van der Waals surface area contributed by atoms with Gasteiger partial charge in [0, 0.05) is 0 Å². The molecule has 0 aromatic heterocycles. The first kappa shape index (κ1) is 16.0. The van der Waals surface area contributed by atoms with Crippen LogP contribution < -0.4 is 0 Å². The molecule has 0 bridgehead atoms. The van der Waals surface area contributed by atoms with Gasteiger partial charge in [-0.1, -0.05) is 60.3 Å². The molecule has 1 rings (SSSR count). The molecule has 1 heteroatoms. The van der Waals surface area contributed by atoms with Crippen molar-refractivity contribution in [3.63, 3.8) is 0 Å². The average Bonchev–Trinajstić information content (AvgIpc) is 2.30. The van der Waals surface area contributed by atoms with E-state index in [2.05, 4.69) is 34.6 Å². The molecular formula is C17H34O. The third-order valence-corrected chi connectivity index (χ3v) is 5.20. The van der Waals surface area contributed by atoms with Crippen LogP contribution in [0.2, 0.25) is 0 Å². The van der Waals surface area contributed by atoms with E-state index in [0.29, 0.717) is 11.3 Å². The van der Waals surface area contributed by atoms with E-state index in [1.54, 1.807) is 0 Å². The lowest BCUT2D eigenvalue weighted by atomic mass is 9.63. The van der Waals surface area contributed by atoms with Crippen LogP contribution >= 0.6 is 0 Å². The van der Waals surface area contributed by atoms with Crippen molar-refractivity contribution in [1.82, 2.24) is 0 Å². The second kappa shape index (κ2) is 6.41. The van der Waals surface area contributed by atoms with E-state index >= 15 is 0 Å². The first-order chi connectivity index (χ1) is 8.33. The standard InChI is InChI=1S/C17H34O/c1-6-8-9-15(7-2)13-17(18)11-10-16(4,5)12-14(17)3/h14-15,18H,6-13H2,1-5H3. The topological polar surface area (TPSA) is 20.2 Å². The summed E-state index contributed by atoms with van der Waals surface area (Å²) in [5, 5.41) is 11.0. The molecule has 0 aromatic carbocycles. The maximum absolute atomic E-state index is 11.0. The van der Waals surface area contributed by atoms with E-state index < -0.39 is 0 Å². The van der Waals surface area contributed by atoms with E-state index in [1.807, 2.05) is 0 Å². The average molecular weight is 254 g/mol. The van der Waals surface area contributed by atoms with Crippen molar-refractivity contribution in [1.29, 1.82) is 0 Å². The normalized spacial score (nSPS) is 33.3. The fourth-order valence-corrected chi connectivity index (χ4v) is 3.67. The second-order valence-electron chi connectivity index (χ2n) is 7.49. The Bertz CT molecular complexity index is 246. The van der Waals surface area contributed by atoms with E-state index in [4.69, 9.17) is 0 Å². The van der Waals surface area contributed by atoms with Crippen molar-refractivity contribution in [3.05, 3.63) is 0 Å². The highest BCUT2D eigenvalue weighted by Gasteiger charge is 2.43. The van der Waals surface area contributed by atoms with Gasteiger partial charge in [0.05, 0.1) is 5.60 Å². The molecule has 0 aromatic rings. The summed E-state index contributed by atoms with van der Waals surface area (Å²) in [5.41, 5.74) is 0.0424. The minimum Gasteiger partial charge on any atom is -0.390 e. The van der Waals surface area contributed by atoms with Crippen molar-refractivity contribution < 1.29 is 5.11 Å². The Labute approximate surface area is 114 Å². The molecule has 1 aliphatic rings. The Hall–Kier alpha value is -0.0400. The van der Waals surface area contributed by atoms with Gasteiger partial charge in [-0.25, -0.2) is 0 Å². The van der Waals surface area contributed by atoms with Crippen LogP contribution in [0.5, 0.6) is 0 Å². The highest BCUT2D eigenvalue weighted by atomic mass is 16.3. The van der Waals surface area contributed by atoms with Crippen molar-refractivity contribution in [2.75, 3.05) is 0 Å². The van der Waals surface area contributed by atoms with Crippen molar-refractivity contribution in [3.8, 4) is 0 Å². The number of hydrogen-bond donors (Lipinski definition) is 1. The largest absolute Gasteiger partial charge is 0.390 e. The van der Waals surface area contributed by atoms with Gasteiger partial charge in [0.25, 0.3) is 0 Å². The molecule has 1 nitrogen and oxygen atoms in total. The minimum absolute atomic E-state index is 0.385. The third-order valence-electron chi connectivity index (χ3n) is 5.20. The monoisotopic (exact) mass is 254 g/mol. The molecule has 18 heavy (non-hydrogen) atoms. The van der Waals surface area contributed by atoms with E-state index in [9.17, 15) is 5.11 Å². The number of aliphatic hydroxyl groups is 1. The maximum Gasteiger partial charge on any atom is 0.0676 e. The van der Waals surface area contributed by atoms with Gasteiger partial charge in [-0.3, -0.25) is 0 Å². The van der Waals surface area contributed by atoms with Gasteiger partial charge in [0.1, 0.15) is 0 Å². The molecule has 0 spiro atoms. The fourth-order valence-electron chi connectivity index (χ4n) is 3.67. The highest BCUT2D eigenvalue weighted by molar-refractivity contribution is 4.94. The predicted molar refractivity (Wildman–Crippen MR) is 79.7 cm³/mol. The zero-order valence-electron chi connectivity index (χ0n) is 13.3. The lowest BCUT2D eigenvalue weighted by Gasteiger charge is -2.46. The van der Waals surface area contributed by atoms with Gasteiger partial charge >= 0.3 is 0 Å². The van der Waals surface area contributed by atoms with Crippen LogP contribution in [0.15, 0.2) is 0 Å². The summed E-state index contributed by atoms with van der Waals surface area (Å²) in [6.07, 6.45) is 9.49. The lowest BCUT2D eigenvalue weighted by molar-refractivity contribution is -0.0872. The molecule has 3 atom stereocenters. The summed E-state index contributed by atoms with van der Waals surface area (Å²) in [6, 6.07) is 0. The van der Waals surface area contributed by atoms with Gasteiger partial charge < -0.3 is 5.11 Å². The van der Waals surface area contributed by atoms with Gasteiger partial charge in [-0.2, -0.15) is 0 Å². The summed E-state index contributed by atoms with van der Waals surface area (Å²) >= 11 is 0. The number of hydrogen-bond acceptors (Lipinski definition) is 1. The highest BCUT2D eigenvalue weighted by Crippen LogP contribution is 2.46. The zero-order valence-corrected chi connectivity index (χ0v) is 13.3. The predicted octanol–water partition coefficient (Wildman–Crippen LogP) is 5.17. The molecule has 0 aliphatic heterocycles. The Kier molecular flexibility index (Phi) is 5.70. The molecule has 1 N–H and O–H groups in total. The molecule has 0 amide bonds. The molecule has 0 radical (unpaired) electrons. The maximum atomic E-state index is 11.0. The Morgan fingerprint density at radius 2 is 1.89 bits per heavy atom. The SMILES string of the molecule is CCCCC(CC)CC1(O)CCC(C)(C)CC1C. The van der Waals surface area contributed by atoms with E-state index in [1.165, 1.54) is 38.5 Å². The van der Waals surface area contributed by atoms with Gasteiger partial charge in [0.15, 0.2) is 0 Å². The molecule has 1 fully saturated rings. The van der Waals surface area contributed by atoms with E-state index in [0.717, 1.165) is 18.8 Å². The van der Waals surface area contributed by atoms with Crippen LogP contribution in [0, 0.1) is 17.3 Å². The van der Waals surface area contributed by atoms with Crippen molar-refractivity contribution >= 4 is 0 Å². The molecular weight excluding hydrogens is 220 g/mol. The smallest absolute Gasteiger partial charge is 0.0676 e. The molecule has 1 saturated carbocycles. The third kappa shape index (κ3) is 4.26. The van der Waals surface area contributed by atoms with Crippen LogP contribution in [-0.2, 0) is 0 Å². The molecule has 3 unspecified atom stereocenters. The van der Waals surface area contributed by atoms with Crippen LogP contribution in [0.4, 0.5) is 0 Å². The second-order valence-corrected chi connectivity index (χ2v) is 7.49. The van der Waals surface area contributed by atoms with Crippen molar-refractivity contribution in [2.24, 2.45) is 17.3 Å². The van der Waals surface area contributed by atoms with E-state index in [-0.39, 0.29) is 5.60 Å². The van der Waals surface area contributed by atoms with Gasteiger partial charge in [-0.05, 0) is 42.9 Å². The Morgan fingerprint density at radius 1 is 1.22 bits per heavy atom. The molecule has 0 saturated heterocycles. The summed E-state index contributed by atoms with van der Waals surface area (Å²) in [6.45, 7) is 11.5. The molecule has 108 valence electrons. The summed E-state index contributed by atoms with van der Waals surface area (Å²) in [4.78, 5) is 0. The first-order valence-corrected chi connectivity index (χ1v) is 8.05. The van der Waals surface area contributed by atoms with Crippen molar-refractivity contribution in [2.45, 2.75) is 91.6 Å². The molecule has 0 heterocycles. The first-order valence-electron chi connectivity index (χ1n) is 8.05. The number of unbranched alkanes of at least 4 members (excludes halogenated alkanes) is 1. The lowest BCUT2D eigenvalue weighted by Crippen LogP contribution is -2.45. The number of rotatable bonds is 6. The Morgan fingerprint density at radius 3 is 2.39 bits per heavy atom. The Balaban J connectivity index is 2.58. The van der Waals surface area contributed by atoms with Gasteiger partial charge in [0.2, 0.25) is 0 Å². The minimum atomic E-state index is -0.385. The van der Waals surface area contributed by atoms with Crippen LogP contribution in [-0.4, -0.2) is 10.7 Å². The van der Waals surface area contributed by atoms with Gasteiger partial charge in [-0.15, -0.1) is 0 Å². The summed E-state index contributed by atoms with van der Waals surface area (Å²) in [7, 11) is 0. The summed E-state index contributed by atoms with van der Waals surface area (Å²) < 4.78 is 0. The quantitative estimate of drug-likeness (QED) is 0.693. The van der Waals surface area contributed by atoms with Crippen LogP contribution in [0.1, 0.15) is 86.0 Å². The molecule has 1 aliphatic carbocycles. The van der Waals surface area contributed by atoms with Crippen LogP contribution in [0.3, 0.4) is 0 Å². The van der Waals surface area contributed by atoms with Crippen LogP contribution in [0.25, 0.3) is 0 Å².